The largest absolute Gasteiger partial charge is 0.324 e. The molecule has 2 aliphatic rings. The highest BCUT2D eigenvalue weighted by molar-refractivity contribution is 9.10. The quantitative estimate of drug-likeness (QED) is 0.835. The van der Waals surface area contributed by atoms with Gasteiger partial charge in [-0.05, 0) is 30.0 Å². The summed E-state index contributed by atoms with van der Waals surface area (Å²) in [7, 11) is 0. The zero-order valence-corrected chi connectivity index (χ0v) is 11.6. The van der Waals surface area contributed by atoms with E-state index < -0.39 is 0 Å². The van der Waals surface area contributed by atoms with Crippen LogP contribution in [0.4, 0.5) is 10.5 Å². The third-order valence-electron chi connectivity index (χ3n) is 3.75. The Balaban J connectivity index is 1.62. The summed E-state index contributed by atoms with van der Waals surface area (Å²) in [5.41, 5.74) is 0.838. The summed E-state index contributed by atoms with van der Waals surface area (Å²) in [5.74, 6) is 1.27. The molecule has 96 valence electrons. The maximum atomic E-state index is 12.1. The fourth-order valence-electron chi connectivity index (χ4n) is 2.79. The first kappa shape index (κ1) is 12.0. The number of halogens is 1. The zero-order chi connectivity index (χ0) is 12.5. The van der Waals surface area contributed by atoms with Crippen LogP contribution in [0.15, 0.2) is 28.7 Å². The first-order valence-electron chi connectivity index (χ1n) is 6.24. The minimum absolute atomic E-state index is 0.0162. The average Bonchev–Trinajstić information content (AvgIpc) is 2.88. The maximum absolute atomic E-state index is 12.1. The number of rotatable bonds is 1. The molecule has 0 radical (unpaired) electrons. The zero-order valence-electron chi connectivity index (χ0n) is 10.0. The molecule has 2 N–H and O–H groups in total. The molecule has 1 aromatic carbocycles. The number of benzene rings is 1. The summed E-state index contributed by atoms with van der Waals surface area (Å²) in [6.45, 7) is 3.84. The van der Waals surface area contributed by atoms with Crippen molar-refractivity contribution in [2.45, 2.75) is 0 Å². The molecule has 0 aromatic heterocycles. The van der Waals surface area contributed by atoms with Gasteiger partial charge in [-0.15, -0.1) is 0 Å². The van der Waals surface area contributed by atoms with Gasteiger partial charge in [0.2, 0.25) is 0 Å². The lowest BCUT2D eigenvalue weighted by atomic mass is 10.0. The van der Waals surface area contributed by atoms with E-state index >= 15 is 0 Å². The number of hydrogen-bond donors (Lipinski definition) is 2. The molecule has 0 saturated carbocycles. The third kappa shape index (κ3) is 2.37. The van der Waals surface area contributed by atoms with Crippen LogP contribution >= 0.6 is 15.9 Å². The van der Waals surface area contributed by atoms with Crippen molar-refractivity contribution in [3.8, 4) is 0 Å². The average molecular weight is 310 g/mol. The van der Waals surface area contributed by atoms with Gasteiger partial charge >= 0.3 is 6.03 Å². The molecule has 2 heterocycles. The number of fused-ring (bicyclic) bond motifs is 1. The van der Waals surface area contributed by atoms with E-state index in [0.29, 0.717) is 11.8 Å². The van der Waals surface area contributed by atoms with Crippen LogP contribution in [0.1, 0.15) is 0 Å². The highest BCUT2D eigenvalue weighted by Gasteiger charge is 2.37. The number of carbonyl (C=O) groups excluding carboxylic acids is 1. The molecule has 2 saturated heterocycles. The smallest absolute Gasteiger partial charge is 0.321 e. The molecule has 5 heteroatoms. The van der Waals surface area contributed by atoms with Crippen molar-refractivity contribution >= 4 is 27.6 Å². The summed E-state index contributed by atoms with van der Waals surface area (Å²) in [6, 6.07) is 7.70. The number of nitrogens with one attached hydrogen (secondary N) is 2. The Kier molecular flexibility index (Phi) is 3.26. The Hall–Kier alpha value is -1.07. The molecule has 0 spiro atoms. The monoisotopic (exact) mass is 309 g/mol. The predicted octanol–water partition coefficient (Wildman–Crippen LogP) is 2.13. The van der Waals surface area contributed by atoms with Crippen molar-refractivity contribution in [1.29, 1.82) is 0 Å². The van der Waals surface area contributed by atoms with Crippen LogP contribution in [-0.2, 0) is 0 Å². The second-order valence-electron chi connectivity index (χ2n) is 5.02. The van der Waals surface area contributed by atoms with Gasteiger partial charge in [0.15, 0.2) is 0 Å². The van der Waals surface area contributed by atoms with Gasteiger partial charge in [-0.2, -0.15) is 0 Å². The van der Waals surface area contributed by atoms with Crippen molar-refractivity contribution in [2.24, 2.45) is 11.8 Å². The van der Waals surface area contributed by atoms with E-state index in [-0.39, 0.29) is 6.03 Å². The van der Waals surface area contributed by atoms with Crippen LogP contribution in [0.2, 0.25) is 0 Å². The second kappa shape index (κ2) is 4.90. The standard InChI is InChI=1S/C13H16BrN3O/c14-11-2-1-3-12(4-11)16-13(18)17-7-9-5-15-6-10(9)8-17/h1-4,9-10,15H,5-8H2,(H,16,18). The molecule has 3 rings (SSSR count). The minimum Gasteiger partial charge on any atom is -0.324 e. The van der Waals surface area contributed by atoms with E-state index in [2.05, 4.69) is 26.6 Å². The highest BCUT2D eigenvalue weighted by atomic mass is 79.9. The molecular formula is C13H16BrN3O. The van der Waals surface area contributed by atoms with E-state index in [1.165, 1.54) is 0 Å². The van der Waals surface area contributed by atoms with Crippen LogP contribution in [0.25, 0.3) is 0 Å². The summed E-state index contributed by atoms with van der Waals surface area (Å²) < 4.78 is 0.975. The topological polar surface area (TPSA) is 44.4 Å². The molecule has 2 amide bonds. The Morgan fingerprint density at radius 3 is 2.72 bits per heavy atom. The highest BCUT2D eigenvalue weighted by Crippen LogP contribution is 2.26. The Bertz CT molecular complexity index is 453. The normalized spacial score (nSPS) is 26.2. The number of anilines is 1. The lowest BCUT2D eigenvalue weighted by Gasteiger charge is -2.18. The van der Waals surface area contributed by atoms with E-state index in [4.69, 9.17) is 0 Å². The van der Waals surface area contributed by atoms with Crippen molar-refractivity contribution in [3.63, 3.8) is 0 Å². The fraction of sp³-hybridized carbons (Fsp3) is 0.462. The van der Waals surface area contributed by atoms with Gasteiger partial charge in [-0.3, -0.25) is 0 Å². The number of likely N-dealkylation sites (tertiary alicyclic amines) is 1. The number of carbonyl (C=O) groups is 1. The molecule has 0 bridgehead atoms. The van der Waals surface area contributed by atoms with Crippen LogP contribution in [0, 0.1) is 11.8 Å². The van der Waals surface area contributed by atoms with Crippen LogP contribution in [-0.4, -0.2) is 37.1 Å². The summed E-state index contributed by atoms with van der Waals surface area (Å²) in [5, 5.41) is 6.33. The number of urea groups is 1. The molecule has 18 heavy (non-hydrogen) atoms. The van der Waals surface area contributed by atoms with Gasteiger partial charge in [0.05, 0.1) is 0 Å². The SMILES string of the molecule is O=C(Nc1cccc(Br)c1)N1CC2CNCC2C1. The first-order valence-corrected chi connectivity index (χ1v) is 7.04. The van der Waals surface area contributed by atoms with E-state index in [9.17, 15) is 4.79 Å². The molecule has 1 aromatic rings. The Morgan fingerprint density at radius 1 is 1.33 bits per heavy atom. The predicted molar refractivity (Wildman–Crippen MR) is 74.6 cm³/mol. The van der Waals surface area contributed by atoms with E-state index in [1.807, 2.05) is 29.2 Å². The summed E-state index contributed by atoms with van der Waals surface area (Å²) in [4.78, 5) is 14.1. The number of hydrogen-bond acceptors (Lipinski definition) is 2. The van der Waals surface area contributed by atoms with Crippen molar-refractivity contribution in [1.82, 2.24) is 10.2 Å². The molecule has 2 fully saturated rings. The van der Waals surface area contributed by atoms with Gasteiger partial charge in [0.1, 0.15) is 0 Å². The van der Waals surface area contributed by atoms with Gasteiger partial charge in [0.25, 0.3) is 0 Å². The number of amides is 2. The van der Waals surface area contributed by atoms with Gasteiger partial charge in [-0.1, -0.05) is 22.0 Å². The lowest BCUT2D eigenvalue weighted by Crippen LogP contribution is -2.35. The van der Waals surface area contributed by atoms with E-state index in [1.54, 1.807) is 0 Å². The lowest BCUT2D eigenvalue weighted by molar-refractivity contribution is 0.219. The molecular weight excluding hydrogens is 294 g/mol. The Morgan fingerprint density at radius 2 is 2.06 bits per heavy atom. The molecule has 2 unspecified atom stereocenters. The summed E-state index contributed by atoms with van der Waals surface area (Å²) >= 11 is 3.40. The molecule has 4 nitrogen and oxygen atoms in total. The fourth-order valence-corrected chi connectivity index (χ4v) is 3.19. The Labute approximate surface area is 115 Å². The van der Waals surface area contributed by atoms with Crippen molar-refractivity contribution in [2.75, 3.05) is 31.5 Å². The molecule has 2 aliphatic heterocycles. The van der Waals surface area contributed by atoms with Crippen molar-refractivity contribution in [3.05, 3.63) is 28.7 Å². The second-order valence-corrected chi connectivity index (χ2v) is 5.94. The van der Waals surface area contributed by atoms with Crippen LogP contribution in [0.3, 0.4) is 0 Å². The van der Waals surface area contributed by atoms with Gasteiger partial charge < -0.3 is 15.5 Å². The molecule has 0 aliphatic carbocycles. The van der Waals surface area contributed by atoms with Crippen molar-refractivity contribution < 1.29 is 4.79 Å². The maximum Gasteiger partial charge on any atom is 0.321 e. The number of nitrogens with zero attached hydrogens (tertiary/aromatic N) is 1. The third-order valence-corrected chi connectivity index (χ3v) is 4.25. The first-order chi connectivity index (χ1) is 8.72. The minimum atomic E-state index is 0.0162. The summed E-state index contributed by atoms with van der Waals surface area (Å²) in [6.07, 6.45) is 0. The van der Waals surface area contributed by atoms with Crippen LogP contribution in [0.5, 0.6) is 0 Å². The van der Waals surface area contributed by atoms with E-state index in [0.717, 1.165) is 36.3 Å². The molecule has 2 atom stereocenters. The van der Waals surface area contributed by atoms with Gasteiger partial charge in [-0.25, -0.2) is 4.79 Å². The van der Waals surface area contributed by atoms with Gasteiger partial charge in [0, 0.05) is 36.3 Å². The van der Waals surface area contributed by atoms with Crippen LogP contribution < -0.4 is 10.6 Å².